The van der Waals surface area contributed by atoms with Gasteiger partial charge in [0.25, 0.3) is 0 Å². The molecule has 1 atom stereocenters. The van der Waals surface area contributed by atoms with Gasteiger partial charge in [-0.3, -0.25) is 11.3 Å². The Morgan fingerprint density at radius 1 is 1.39 bits per heavy atom. The minimum absolute atomic E-state index is 0.131. The fourth-order valence-electron chi connectivity index (χ4n) is 2.13. The van der Waals surface area contributed by atoms with Crippen LogP contribution in [0.4, 0.5) is 0 Å². The number of aromatic nitrogens is 1. The minimum atomic E-state index is 0.131. The molecule has 4 heteroatoms. The Bertz CT molecular complexity index is 507. The van der Waals surface area contributed by atoms with E-state index in [-0.39, 0.29) is 6.04 Å². The number of hydrogen-bond acceptors (Lipinski definition) is 4. The zero-order valence-electron chi connectivity index (χ0n) is 10.8. The van der Waals surface area contributed by atoms with E-state index in [0.29, 0.717) is 0 Å². The van der Waals surface area contributed by atoms with Gasteiger partial charge in [0.05, 0.1) is 11.0 Å². The predicted molar refractivity (Wildman–Crippen MR) is 76.4 cm³/mol. The molecule has 1 unspecified atom stereocenters. The zero-order valence-corrected chi connectivity index (χ0v) is 11.6. The summed E-state index contributed by atoms with van der Waals surface area (Å²) in [7, 11) is 0. The summed E-state index contributed by atoms with van der Waals surface area (Å²) in [6, 6.07) is 8.57. The Hall–Kier alpha value is -1.23. The van der Waals surface area contributed by atoms with E-state index in [4.69, 9.17) is 5.84 Å². The van der Waals surface area contributed by atoms with Gasteiger partial charge in [-0.2, -0.15) is 0 Å². The molecular formula is C14H19N3S. The van der Waals surface area contributed by atoms with Crippen LogP contribution < -0.4 is 11.3 Å². The fraction of sp³-hybridized carbons (Fsp3) is 0.357. The number of thiazole rings is 1. The Morgan fingerprint density at radius 3 is 2.78 bits per heavy atom. The first-order chi connectivity index (χ1) is 8.74. The first-order valence-electron chi connectivity index (χ1n) is 6.19. The monoisotopic (exact) mass is 261 g/mol. The quantitative estimate of drug-likeness (QED) is 0.643. The molecule has 0 radical (unpaired) electrons. The normalized spacial score (nSPS) is 12.6. The van der Waals surface area contributed by atoms with Crippen molar-refractivity contribution in [1.82, 2.24) is 10.4 Å². The van der Waals surface area contributed by atoms with Gasteiger partial charge in [-0.15, -0.1) is 11.3 Å². The largest absolute Gasteiger partial charge is 0.271 e. The molecule has 1 aromatic carbocycles. The highest BCUT2D eigenvalue weighted by Gasteiger charge is 2.15. The predicted octanol–water partition coefficient (Wildman–Crippen LogP) is 2.76. The van der Waals surface area contributed by atoms with Crippen LogP contribution in [0, 0.1) is 6.92 Å². The van der Waals surface area contributed by atoms with Gasteiger partial charge in [-0.25, -0.2) is 4.98 Å². The molecule has 0 bridgehead atoms. The highest BCUT2D eigenvalue weighted by Crippen LogP contribution is 2.23. The van der Waals surface area contributed by atoms with Crippen molar-refractivity contribution in [2.24, 2.45) is 5.84 Å². The molecule has 0 fully saturated rings. The lowest BCUT2D eigenvalue weighted by Crippen LogP contribution is -2.30. The van der Waals surface area contributed by atoms with E-state index in [1.807, 2.05) is 6.92 Å². The van der Waals surface area contributed by atoms with Crippen molar-refractivity contribution in [3.8, 4) is 0 Å². The topological polar surface area (TPSA) is 50.9 Å². The van der Waals surface area contributed by atoms with Crippen molar-refractivity contribution < 1.29 is 0 Å². The Labute approximate surface area is 112 Å². The van der Waals surface area contributed by atoms with Crippen LogP contribution in [0.15, 0.2) is 29.6 Å². The van der Waals surface area contributed by atoms with Gasteiger partial charge < -0.3 is 0 Å². The number of nitrogens with one attached hydrogen (secondary N) is 1. The third-order valence-corrected chi connectivity index (χ3v) is 4.05. The molecule has 0 aliphatic heterocycles. The number of nitrogens with zero attached hydrogens (tertiary/aromatic N) is 1. The third-order valence-electron chi connectivity index (χ3n) is 3.06. The SMILES string of the molecule is CCc1ccccc1C(Cc1nc(C)cs1)NN. The average molecular weight is 261 g/mol. The minimum Gasteiger partial charge on any atom is -0.271 e. The van der Waals surface area contributed by atoms with Crippen LogP contribution in [-0.2, 0) is 12.8 Å². The van der Waals surface area contributed by atoms with E-state index in [1.54, 1.807) is 11.3 Å². The van der Waals surface area contributed by atoms with E-state index in [1.165, 1.54) is 11.1 Å². The maximum Gasteiger partial charge on any atom is 0.0947 e. The lowest BCUT2D eigenvalue weighted by molar-refractivity contribution is 0.546. The highest BCUT2D eigenvalue weighted by molar-refractivity contribution is 7.09. The molecule has 18 heavy (non-hydrogen) atoms. The molecule has 2 rings (SSSR count). The number of hydrogen-bond donors (Lipinski definition) is 2. The van der Waals surface area contributed by atoms with Crippen LogP contribution in [-0.4, -0.2) is 4.98 Å². The lowest BCUT2D eigenvalue weighted by Gasteiger charge is -2.18. The summed E-state index contributed by atoms with van der Waals surface area (Å²) in [5.41, 5.74) is 6.61. The standard InChI is InChI=1S/C14H19N3S/c1-3-11-6-4-5-7-12(11)13(17-15)8-14-16-10(2)9-18-14/h4-7,9,13,17H,3,8,15H2,1-2H3. The van der Waals surface area contributed by atoms with Crippen molar-refractivity contribution >= 4 is 11.3 Å². The molecule has 3 N–H and O–H groups in total. The van der Waals surface area contributed by atoms with Crippen LogP contribution >= 0.6 is 11.3 Å². The molecule has 2 aromatic rings. The van der Waals surface area contributed by atoms with Gasteiger partial charge in [0.2, 0.25) is 0 Å². The Balaban J connectivity index is 2.22. The van der Waals surface area contributed by atoms with Crippen LogP contribution in [0.1, 0.15) is 34.8 Å². The maximum absolute atomic E-state index is 5.71. The molecule has 0 saturated carbocycles. The fourth-order valence-corrected chi connectivity index (χ4v) is 2.94. The van der Waals surface area contributed by atoms with Gasteiger partial charge in [0, 0.05) is 17.5 Å². The third kappa shape index (κ3) is 2.96. The summed E-state index contributed by atoms with van der Waals surface area (Å²) >= 11 is 1.69. The summed E-state index contributed by atoms with van der Waals surface area (Å²) in [6.45, 7) is 4.19. The van der Waals surface area contributed by atoms with Crippen LogP contribution in [0.3, 0.4) is 0 Å². The van der Waals surface area contributed by atoms with Gasteiger partial charge in [0.1, 0.15) is 0 Å². The summed E-state index contributed by atoms with van der Waals surface area (Å²) in [6.07, 6.45) is 1.86. The van der Waals surface area contributed by atoms with Crippen LogP contribution in [0.5, 0.6) is 0 Å². The van der Waals surface area contributed by atoms with E-state index in [9.17, 15) is 0 Å². The van der Waals surface area contributed by atoms with Crippen molar-refractivity contribution in [2.75, 3.05) is 0 Å². The molecule has 3 nitrogen and oxygen atoms in total. The molecule has 0 aliphatic rings. The molecular weight excluding hydrogens is 242 g/mol. The molecule has 0 saturated heterocycles. The second-order valence-electron chi connectivity index (χ2n) is 4.36. The van der Waals surface area contributed by atoms with Crippen molar-refractivity contribution in [3.05, 3.63) is 51.5 Å². The number of hydrazine groups is 1. The Kier molecular flexibility index (Phi) is 4.47. The molecule has 0 amide bonds. The van der Waals surface area contributed by atoms with E-state index < -0.39 is 0 Å². The van der Waals surface area contributed by atoms with Gasteiger partial charge in [-0.1, -0.05) is 31.2 Å². The highest BCUT2D eigenvalue weighted by atomic mass is 32.1. The molecule has 0 spiro atoms. The first-order valence-corrected chi connectivity index (χ1v) is 7.07. The number of nitrogens with two attached hydrogens (primary N) is 1. The molecule has 1 heterocycles. The average Bonchev–Trinajstić information content (AvgIpc) is 2.81. The number of aryl methyl sites for hydroxylation is 2. The summed E-state index contributed by atoms with van der Waals surface area (Å²) < 4.78 is 0. The van der Waals surface area contributed by atoms with E-state index in [2.05, 4.69) is 47.0 Å². The second kappa shape index (κ2) is 6.09. The summed E-state index contributed by atoms with van der Waals surface area (Å²) in [4.78, 5) is 4.50. The maximum atomic E-state index is 5.71. The van der Waals surface area contributed by atoms with Crippen LogP contribution in [0.2, 0.25) is 0 Å². The molecule has 1 aromatic heterocycles. The summed E-state index contributed by atoms with van der Waals surface area (Å²) in [5.74, 6) is 5.71. The summed E-state index contributed by atoms with van der Waals surface area (Å²) in [5, 5.41) is 3.20. The number of benzene rings is 1. The van der Waals surface area contributed by atoms with Gasteiger partial charge in [-0.05, 0) is 24.5 Å². The second-order valence-corrected chi connectivity index (χ2v) is 5.30. The number of rotatable bonds is 5. The van der Waals surface area contributed by atoms with Gasteiger partial charge in [0.15, 0.2) is 0 Å². The zero-order chi connectivity index (χ0) is 13.0. The first kappa shape index (κ1) is 13.2. The molecule has 96 valence electrons. The van der Waals surface area contributed by atoms with Gasteiger partial charge >= 0.3 is 0 Å². The van der Waals surface area contributed by atoms with E-state index >= 15 is 0 Å². The smallest absolute Gasteiger partial charge is 0.0947 e. The van der Waals surface area contributed by atoms with Crippen molar-refractivity contribution in [3.63, 3.8) is 0 Å². The van der Waals surface area contributed by atoms with E-state index in [0.717, 1.165) is 23.5 Å². The van der Waals surface area contributed by atoms with Crippen LogP contribution in [0.25, 0.3) is 0 Å². The molecule has 0 aliphatic carbocycles. The van der Waals surface area contributed by atoms with Crippen molar-refractivity contribution in [2.45, 2.75) is 32.7 Å². The van der Waals surface area contributed by atoms with Crippen molar-refractivity contribution in [1.29, 1.82) is 0 Å². The Morgan fingerprint density at radius 2 is 2.17 bits per heavy atom. The lowest BCUT2D eigenvalue weighted by atomic mass is 9.97.